The van der Waals surface area contributed by atoms with E-state index >= 15 is 0 Å². The molecular formula is C32H37N5O5. The molecule has 0 spiro atoms. The van der Waals surface area contributed by atoms with Gasteiger partial charge in [-0.2, -0.15) is 0 Å². The highest BCUT2D eigenvalue weighted by Crippen LogP contribution is 2.42. The molecule has 220 valence electrons. The molecule has 1 aliphatic rings. The van der Waals surface area contributed by atoms with Gasteiger partial charge in [-0.15, -0.1) is 0 Å². The number of carbonyl (C=O) groups is 2. The van der Waals surface area contributed by atoms with Crippen LogP contribution < -0.4 is 9.47 Å². The average molecular weight is 572 g/mol. The van der Waals surface area contributed by atoms with Gasteiger partial charge in [-0.05, 0) is 56.0 Å². The SMILES string of the molecule is CCCCCOc1ccc(C2/C(=C(\O)c3nc4c(C)cccn4c3C)C(=O)C(=O)N2CCCn2ccnc2)cc1OC. The molecule has 5 rings (SSSR count). The van der Waals surface area contributed by atoms with Crippen molar-refractivity contribution in [3.05, 3.63) is 83.3 Å². The number of hydrogen-bond donors (Lipinski definition) is 1. The second-order valence-corrected chi connectivity index (χ2v) is 10.5. The van der Waals surface area contributed by atoms with Crippen LogP contribution in [-0.2, 0) is 16.1 Å². The highest BCUT2D eigenvalue weighted by Gasteiger charge is 2.46. The molecule has 1 fully saturated rings. The number of ether oxygens (including phenoxy) is 2. The Morgan fingerprint density at radius 1 is 1.05 bits per heavy atom. The first-order chi connectivity index (χ1) is 20.3. The molecule has 10 nitrogen and oxygen atoms in total. The van der Waals surface area contributed by atoms with Gasteiger partial charge in [0.2, 0.25) is 0 Å². The second kappa shape index (κ2) is 12.5. The van der Waals surface area contributed by atoms with Crippen LogP contribution in [0.15, 0.2) is 60.8 Å². The summed E-state index contributed by atoms with van der Waals surface area (Å²) in [5, 5.41) is 11.7. The monoisotopic (exact) mass is 571 g/mol. The zero-order valence-corrected chi connectivity index (χ0v) is 24.5. The van der Waals surface area contributed by atoms with Crippen LogP contribution in [0.4, 0.5) is 0 Å². The first-order valence-corrected chi connectivity index (χ1v) is 14.3. The van der Waals surface area contributed by atoms with Crippen LogP contribution in [0.3, 0.4) is 0 Å². The summed E-state index contributed by atoms with van der Waals surface area (Å²) >= 11 is 0. The third kappa shape index (κ3) is 5.48. The second-order valence-electron chi connectivity index (χ2n) is 10.5. The number of hydrogen-bond acceptors (Lipinski definition) is 7. The first-order valence-electron chi connectivity index (χ1n) is 14.3. The minimum Gasteiger partial charge on any atom is -0.505 e. The van der Waals surface area contributed by atoms with Crippen molar-refractivity contribution in [3.63, 3.8) is 0 Å². The summed E-state index contributed by atoms with van der Waals surface area (Å²) in [6, 6.07) is 8.40. The number of Topliss-reactive ketones (excluding diaryl/α,β-unsaturated/α-hetero) is 1. The molecule has 1 unspecified atom stereocenters. The van der Waals surface area contributed by atoms with Crippen LogP contribution in [0.1, 0.15) is 61.2 Å². The van der Waals surface area contributed by atoms with Crippen LogP contribution in [0.5, 0.6) is 11.5 Å². The smallest absolute Gasteiger partial charge is 0.295 e. The number of ketones is 1. The summed E-state index contributed by atoms with van der Waals surface area (Å²) < 4.78 is 15.4. The molecule has 0 saturated carbocycles. The fourth-order valence-electron chi connectivity index (χ4n) is 5.48. The predicted octanol–water partition coefficient (Wildman–Crippen LogP) is 5.24. The molecular weight excluding hydrogens is 534 g/mol. The quantitative estimate of drug-likeness (QED) is 0.107. The molecule has 1 aliphatic heterocycles. The summed E-state index contributed by atoms with van der Waals surface area (Å²) in [5.74, 6) is -0.626. The zero-order chi connectivity index (χ0) is 29.8. The van der Waals surface area contributed by atoms with Crippen molar-refractivity contribution >= 4 is 23.1 Å². The number of fused-ring (bicyclic) bond motifs is 1. The molecule has 1 amide bonds. The number of aliphatic hydroxyl groups excluding tert-OH is 1. The lowest BCUT2D eigenvalue weighted by Crippen LogP contribution is -2.31. The van der Waals surface area contributed by atoms with E-state index in [1.54, 1.807) is 31.8 Å². The van der Waals surface area contributed by atoms with Crippen molar-refractivity contribution in [2.24, 2.45) is 0 Å². The van der Waals surface area contributed by atoms with Crippen LogP contribution >= 0.6 is 0 Å². The maximum absolute atomic E-state index is 13.6. The van der Waals surface area contributed by atoms with Crippen LogP contribution in [0.2, 0.25) is 0 Å². The number of aliphatic hydroxyl groups is 1. The number of imidazole rings is 2. The van der Waals surface area contributed by atoms with E-state index in [0.29, 0.717) is 54.5 Å². The molecule has 1 aromatic carbocycles. The predicted molar refractivity (Wildman–Crippen MR) is 159 cm³/mol. The number of aromatic nitrogens is 4. The summed E-state index contributed by atoms with van der Waals surface area (Å²) in [7, 11) is 1.56. The number of benzene rings is 1. The molecule has 3 aromatic heterocycles. The van der Waals surface area contributed by atoms with E-state index < -0.39 is 17.7 Å². The number of aryl methyl sites for hydroxylation is 3. The number of carbonyl (C=O) groups excluding carboxylic acids is 2. The molecule has 0 aliphatic carbocycles. The van der Waals surface area contributed by atoms with Gasteiger partial charge in [0.05, 0.1) is 37.4 Å². The van der Waals surface area contributed by atoms with Crippen molar-refractivity contribution in [1.29, 1.82) is 0 Å². The van der Waals surface area contributed by atoms with Crippen LogP contribution in [0.25, 0.3) is 11.4 Å². The highest BCUT2D eigenvalue weighted by atomic mass is 16.5. The minimum atomic E-state index is -0.832. The van der Waals surface area contributed by atoms with Crippen molar-refractivity contribution < 1.29 is 24.2 Å². The van der Waals surface area contributed by atoms with Gasteiger partial charge < -0.3 is 28.4 Å². The number of pyridine rings is 1. The standard InChI is InChI=1S/C32H37N5O5/c1-5-6-7-18-42-24-12-11-23(19-25(24)41-4)28-26(29(38)27-22(3)36-15-8-10-21(2)31(36)34-27)30(39)32(40)37(28)16-9-14-35-17-13-33-20-35/h8,10-13,15,17,19-20,28,38H,5-7,9,14,16,18H2,1-4H3/b29-26+. The van der Waals surface area contributed by atoms with Gasteiger partial charge >= 0.3 is 0 Å². The Kier molecular flexibility index (Phi) is 8.61. The number of methoxy groups -OCH3 is 1. The maximum atomic E-state index is 13.6. The van der Waals surface area contributed by atoms with E-state index in [0.717, 1.165) is 24.8 Å². The molecule has 10 heteroatoms. The van der Waals surface area contributed by atoms with Crippen molar-refractivity contribution in [3.8, 4) is 11.5 Å². The number of amides is 1. The lowest BCUT2D eigenvalue weighted by Gasteiger charge is -2.26. The largest absolute Gasteiger partial charge is 0.505 e. The van der Waals surface area contributed by atoms with Gasteiger partial charge in [0, 0.05) is 31.7 Å². The normalized spacial score (nSPS) is 16.5. The Morgan fingerprint density at radius 3 is 2.60 bits per heavy atom. The van der Waals surface area contributed by atoms with E-state index in [4.69, 9.17) is 9.47 Å². The lowest BCUT2D eigenvalue weighted by atomic mass is 9.96. The molecule has 42 heavy (non-hydrogen) atoms. The third-order valence-electron chi connectivity index (χ3n) is 7.73. The van der Waals surface area contributed by atoms with E-state index in [2.05, 4.69) is 16.9 Å². The first kappa shape index (κ1) is 28.9. The molecule has 0 radical (unpaired) electrons. The topological polar surface area (TPSA) is 111 Å². The molecule has 1 atom stereocenters. The number of likely N-dealkylation sites (tertiary alicyclic amines) is 1. The van der Waals surface area contributed by atoms with Crippen molar-refractivity contribution in [2.45, 2.75) is 59.0 Å². The van der Waals surface area contributed by atoms with Gasteiger partial charge in [-0.3, -0.25) is 9.59 Å². The Balaban J connectivity index is 1.57. The summed E-state index contributed by atoms with van der Waals surface area (Å²) in [6.45, 7) is 7.37. The van der Waals surface area contributed by atoms with E-state index in [1.165, 1.54) is 4.90 Å². The van der Waals surface area contributed by atoms with E-state index in [9.17, 15) is 14.7 Å². The third-order valence-corrected chi connectivity index (χ3v) is 7.73. The summed E-state index contributed by atoms with van der Waals surface area (Å²) in [6.07, 6.45) is 10.8. The van der Waals surface area contributed by atoms with Gasteiger partial charge in [0.15, 0.2) is 17.3 Å². The lowest BCUT2D eigenvalue weighted by molar-refractivity contribution is -0.139. The minimum absolute atomic E-state index is 0.00505. The van der Waals surface area contributed by atoms with E-state index in [-0.39, 0.29) is 17.0 Å². The van der Waals surface area contributed by atoms with Crippen molar-refractivity contribution in [2.75, 3.05) is 20.3 Å². The molecule has 1 N–H and O–H groups in total. The van der Waals surface area contributed by atoms with Gasteiger partial charge in [-0.1, -0.05) is 31.9 Å². The van der Waals surface area contributed by atoms with Crippen LogP contribution in [-0.4, -0.2) is 60.9 Å². The average Bonchev–Trinajstić information content (AvgIpc) is 3.70. The Morgan fingerprint density at radius 2 is 1.88 bits per heavy atom. The Bertz CT molecular complexity index is 1620. The maximum Gasteiger partial charge on any atom is 0.295 e. The Labute approximate surface area is 245 Å². The highest BCUT2D eigenvalue weighted by molar-refractivity contribution is 6.46. The van der Waals surface area contributed by atoms with Crippen molar-refractivity contribution in [1.82, 2.24) is 23.8 Å². The fraction of sp³-hybridized carbons (Fsp3) is 0.375. The zero-order valence-electron chi connectivity index (χ0n) is 24.5. The molecule has 0 bridgehead atoms. The molecule has 1 saturated heterocycles. The fourth-order valence-corrected chi connectivity index (χ4v) is 5.48. The Hall–Kier alpha value is -4.60. The van der Waals surface area contributed by atoms with Gasteiger partial charge in [-0.25, -0.2) is 9.97 Å². The summed E-state index contributed by atoms with van der Waals surface area (Å²) in [5.41, 5.74) is 3.18. The molecule has 4 aromatic rings. The van der Waals surface area contributed by atoms with Crippen LogP contribution in [0, 0.1) is 13.8 Å². The number of unbranched alkanes of at least 4 members (excludes halogenated alkanes) is 2. The molecule has 4 heterocycles. The number of rotatable bonds is 12. The van der Waals surface area contributed by atoms with E-state index in [1.807, 2.05) is 53.4 Å². The van der Waals surface area contributed by atoms with Gasteiger partial charge in [0.25, 0.3) is 11.7 Å². The summed E-state index contributed by atoms with van der Waals surface area (Å²) in [4.78, 5) is 37.4. The van der Waals surface area contributed by atoms with Gasteiger partial charge in [0.1, 0.15) is 11.3 Å². The number of nitrogens with zero attached hydrogens (tertiary/aromatic N) is 5.